The number of hydrogen-bond donors (Lipinski definition) is 2. The Hall–Kier alpha value is -0.610. The van der Waals surface area contributed by atoms with Crippen molar-refractivity contribution >= 4 is 5.91 Å². The molecule has 0 aliphatic rings. The van der Waals surface area contributed by atoms with Crippen molar-refractivity contribution in [2.75, 3.05) is 7.05 Å². The second kappa shape index (κ2) is 5.64. The second-order valence-corrected chi connectivity index (χ2v) is 5.19. The Bertz CT molecular complexity index is 241. The van der Waals surface area contributed by atoms with E-state index in [-0.39, 0.29) is 17.6 Å². The van der Waals surface area contributed by atoms with E-state index >= 15 is 0 Å². The summed E-state index contributed by atoms with van der Waals surface area (Å²) in [6, 6.07) is 0. The van der Waals surface area contributed by atoms with Crippen LogP contribution >= 0.6 is 0 Å². The number of carbonyl (C=O) groups is 1. The number of hydrogen-bond acceptors (Lipinski definition) is 3. The molecule has 2 atom stereocenters. The molecule has 4 heteroatoms. The van der Waals surface area contributed by atoms with Gasteiger partial charge in [-0.25, -0.2) is 0 Å². The summed E-state index contributed by atoms with van der Waals surface area (Å²) < 4.78 is 5.89. The van der Waals surface area contributed by atoms with Crippen LogP contribution in [0.3, 0.4) is 0 Å². The summed E-state index contributed by atoms with van der Waals surface area (Å²) in [5.74, 6) is -0.347. The molecule has 0 aliphatic carbocycles. The van der Waals surface area contributed by atoms with Crippen LogP contribution in [0.5, 0.6) is 0 Å². The Kier molecular flexibility index (Phi) is 5.42. The van der Waals surface area contributed by atoms with Crippen molar-refractivity contribution in [2.24, 2.45) is 5.73 Å². The first-order valence-corrected chi connectivity index (χ1v) is 5.83. The number of primary amides is 1. The second-order valence-electron chi connectivity index (χ2n) is 5.19. The minimum Gasteiger partial charge on any atom is -0.373 e. The third kappa shape index (κ3) is 4.49. The molecule has 0 aliphatic heterocycles. The van der Waals surface area contributed by atoms with Crippen molar-refractivity contribution in [3.05, 3.63) is 0 Å². The first kappa shape index (κ1) is 15.4. The Morgan fingerprint density at radius 3 is 2.25 bits per heavy atom. The Labute approximate surface area is 98.9 Å². The van der Waals surface area contributed by atoms with Crippen LogP contribution in [0.25, 0.3) is 0 Å². The molecule has 0 rings (SSSR count). The zero-order chi connectivity index (χ0) is 13.0. The maximum absolute atomic E-state index is 11.3. The largest absolute Gasteiger partial charge is 0.373 e. The van der Waals surface area contributed by atoms with Gasteiger partial charge in [-0.05, 0) is 41.2 Å². The molecular formula is C12H26N2O2. The summed E-state index contributed by atoms with van der Waals surface area (Å²) >= 11 is 0. The maximum Gasteiger partial charge on any atom is 0.237 e. The molecule has 0 aromatic rings. The lowest BCUT2D eigenvalue weighted by Crippen LogP contribution is -2.53. The summed E-state index contributed by atoms with van der Waals surface area (Å²) in [6.45, 7) is 9.94. The molecule has 2 unspecified atom stereocenters. The molecule has 4 nitrogen and oxygen atoms in total. The van der Waals surface area contributed by atoms with Gasteiger partial charge in [-0.1, -0.05) is 6.92 Å². The number of likely N-dealkylation sites (N-methyl/N-ethyl adjacent to an activating group) is 1. The van der Waals surface area contributed by atoms with E-state index in [2.05, 4.69) is 12.2 Å². The lowest BCUT2D eigenvalue weighted by atomic mass is 9.93. The van der Waals surface area contributed by atoms with Gasteiger partial charge in [0.25, 0.3) is 0 Å². The smallest absolute Gasteiger partial charge is 0.237 e. The van der Waals surface area contributed by atoms with Crippen LogP contribution < -0.4 is 11.1 Å². The molecule has 96 valence electrons. The van der Waals surface area contributed by atoms with Gasteiger partial charge in [-0.15, -0.1) is 0 Å². The molecule has 0 fully saturated rings. The first-order chi connectivity index (χ1) is 7.17. The summed E-state index contributed by atoms with van der Waals surface area (Å²) in [5, 5.41) is 2.96. The van der Waals surface area contributed by atoms with Gasteiger partial charge in [0, 0.05) is 6.42 Å². The predicted molar refractivity (Wildman–Crippen MR) is 66.2 cm³/mol. The normalized spacial score (nSPS) is 17.9. The monoisotopic (exact) mass is 230 g/mol. The van der Waals surface area contributed by atoms with Crippen LogP contribution in [-0.2, 0) is 9.53 Å². The lowest BCUT2D eigenvalue weighted by molar-refractivity contribution is -0.127. The van der Waals surface area contributed by atoms with E-state index in [4.69, 9.17) is 10.5 Å². The average molecular weight is 230 g/mol. The number of amides is 1. The maximum atomic E-state index is 11.3. The fourth-order valence-electron chi connectivity index (χ4n) is 1.57. The number of ether oxygens (including phenoxy) is 1. The molecule has 0 radical (unpaired) electrons. The molecule has 16 heavy (non-hydrogen) atoms. The van der Waals surface area contributed by atoms with Crippen LogP contribution in [0.1, 0.15) is 47.5 Å². The SMILES string of the molecule is CCC(C)(C)OC(C)CC(C)(NC)C(N)=O. The number of nitrogens with two attached hydrogens (primary N) is 1. The zero-order valence-corrected chi connectivity index (χ0v) is 11.4. The summed E-state index contributed by atoms with van der Waals surface area (Å²) in [7, 11) is 1.74. The van der Waals surface area contributed by atoms with Crippen LogP contribution in [0.4, 0.5) is 0 Å². The van der Waals surface area contributed by atoms with Crippen LogP contribution in [0, 0.1) is 0 Å². The van der Waals surface area contributed by atoms with Gasteiger partial charge in [0.05, 0.1) is 17.2 Å². The van der Waals surface area contributed by atoms with E-state index < -0.39 is 5.54 Å². The molecule has 0 saturated carbocycles. The summed E-state index contributed by atoms with van der Waals surface area (Å²) in [5.41, 5.74) is 4.50. The van der Waals surface area contributed by atoms with Gasteiger partial charge >= 0.3 is 0 Å². The van der Waals surface area contributed by atoms with Gasteiger partial charge in [0.2, 0.25) is 5.91 Å². The Morgan fingerprint density at radius 1 is 1.44 bits per heavy atom. The summed E-state index contributed by atoms with van der Waals surface area (Å²) in [6.07, 6.45) is 1.49. The van der Waals surface area contributed by atoms with Crippen LogP contribution in [-0.4, -0.2) is 30.2 Å². The van der Waals surface area contributed by atoms with Gasteiger partial charge in [-0.2, -0.15) is 0 Å². The highest BCUT2D eigenvalue weighted by Gasteiger charge is 2.32. The number of carbonyl (C=O) groups excluding carboxylic acids is 1. The number of nitrogens with one attached hydrogen (secondary N) is 1. The third-order valence-electron chi connectivity index (χ3n) is 3.16. The van der Waals surface area contributed by atoms with Crippen molar-refractivity contribution < 1.29 is 9.53 Å². The molecule has 0 spiro atoms. The van der Waals surface area contributed by atoms with Crippen LogP contribution in [0.2, 0.25) is 0 Å². The van der Waals surface area contributed by atoms with E-state index in [1.807, 2.05) is 20.8 Å². The van der Waals surface area contributed by atoms with Gasteiger partial charge in [0.15, 0.2) is 0 Å². The third-order valence-corrected chi connectivity index (χ3v) is 3.16. The van der Waals surface area contributed by atoms with E-state index in [0.29, 0.717) is 6.42 Å². The minimum absolute atomic E-state index is 0.0140. The molecule has 1 amide bonds. The van der Waals surface area contributed by atoms with Gasteiger partial charge < -0.3 is 15.8 Å². The highest BCUT2D eigenvalue weighted by molar-refractivity contribution is 5.84. The quantitative estimate of drug-likeness (QED) is 0.695. The first-order valence-electron chi connectivity index (χ1n) is 5.83. The van der Waals surface area contributed by atoms with E-state index in [0.717, 1.165) is 6.42 Å². The molecule has 0 saturated heterocycles. The topological polar surface area (TPSA) is 64.3 Å². The summed E-state index contributed by atoms with van der Waals surface area (Å²) in [4.78, 5) is 11.3. The lowest BCUT2D eigenvalue weighted by Gasteiger charge is -2.33. The average Bonchev–Trinajstić information content (AvgIpc) is 2.16. The van der Waals surface area contributed by atoms with Crippen molar-refractivity contribution in [3.8, 4) is 0 Å². The van der Waals surface area contributed by atoms with E-state index in [1.165, 1.54) is 0 Å². The highest BCUT2D eigenvalue weighted by Crippen LogP contribution is 2.21. The van der Waals surface area contributed by atoms with Crippen molar-refractivity contribution in [1.82, 2.24) is 5.32 Å². The Balaban J connectivity index is 4.43. The minimum atomic E-state index is -0.705. The molecule has 0 heterocycles. The van der Waals surface area contributed by atoms with Crippen molar-refractivity contribution in [3.63, 3.8) is 0 Å². The fraction of sp³-hybridized carbons (Fsp3) is 0.917. The standard InChI is InChI=1S/C12H26N2O2/c1-7-11(3,4)16-9(2)8-12(5,14-6)10(13)15/h9,14H,7-8H2,1-6H3,(H2,13,15). The predicted octanol–water partition coefficient (Wildman–Crippen LogP) is 1.43. The van der Waals surface area contributed by atoms with Gasteiger partial charge in [-0.3, -0.25) is 4.79 Å². The molecule has 0 aromatic heterocycles. The number of rotatable bonds is 7. The molecular weight excluding hydrogens is 204 g/mol. The zero-order valence-electron chi connectivity index (χ0n) is 11.4. The molecule has 0 aromatic carbocycles. The fourth-order valence-corrected chi connectivity index (χ4v) is 1.57. The van der Waals surface area contributed by atoms with Crippen molar-refractivity contribution in [1.29, 1.82) is 0 Å². The van der Waals surface area contributed by atoms with E-state index in [9.17, 15) is 4.79 Å². The molecule has 0 bridgehead atoms. The Morgan fingerprint density at radius 2 is 1.94 bits per heavy atom. The highest BCUT2D eigenvalue weighted by atomic mass is 16.5. The van der Waals surface area contributed by atoms with Crippen molar-refractivity contribution in [2.45, 2.75) is 64.7 Å². The van der Waals surface area contributed by atoms with Crippen LogP contribution in [0.15, 0.2) is 0 Å². The van der Waals surface area contributed by atoms with E-state index in [1.54, 1.807) is 14.0 Å². The van der Waals surface area contributed by atoms with Gasteiger partial charge in [0.1, 0.15) is 0 Å². The molecule has 3 N–H and O–H groups in total.